The van der Waals surface area contributed by atoms with Gasteiger partial charge in [0.15, 0.2) is 0 Å². The molecule has 5 nitrogen and oxygen atoms in total. The molecule has 2 aromatic rings. The molecule has 0 unspecified atom stereocenters. The average Bonchev–Trinajstić information content (AvgIpc) is 2.63. The molecule has 0 saturated heterocycles. The second-order valence-electron chi connectivity index (χ2n) is 6.15. The van der Waals surface area contributed by atoms with E-state index >= 15 is 0 Å². The van der Waals surface area contributed by atoms with Gasteiger partial charge in [0.05, 0.1) is 12.6 Å². The predicted molar refractivity (Wildman–Crippen MR) is 109 cm³/mol. The number of nitrogens with one attached hydrogen (secondary N) is 2. The van der Waals surface area contributed by atoms with Crippen molar-refractivity contribution in [3.05, 3.63) is 58.6 Å². The number of likely N-dealkylation sites (N-methyl/N-ethyl adjacent to an activating group) is 1. The van der Waals surface area contributed by atoms with Crippen LogP contribution in [0.15, 0.2) is 53.0 Å². The number of benzene rings is 2. The summed E-state index contributed by atoms with van der Waals surface area (Å²) in [5.74, 6) is -0.298. The lowest BCUT2D eigenvalue weighted by molar-refractivity contribution is -0.122. The highest BCUT2D eigenvalue weighted by Crippen LogP contribution is 2.16. The van der Waals surface area contributed by atoms with Crippen molar-refractivity contribution in [3.63, 3.8) is 0 Å². The Morgan fingerprint density at radius 3 is 2.38 bits per heavy atom. The molecule has 1 atom stereocenters. The molecule has 0 bridgehead atoms. The number of hydrogen-bond donors (Lipinski definition) is 2. The highest BCUT2D eigenvalue weighted by atomic mass is 79.9. The molecule has 0 radical (unpaired) electrons. The summed E-state index contributed by atoms with van der Waals surface area (Å²) in [5, 5.41) is 5.78. The Hall–Kier alpha value is -2.18. The summed E-state index contributed by atoms with van der Waals surface area (Å²) in [5.41, 5.74) is 2.63. The Morgan fingerprint density at radius 1 is 1.08 bits per heavy atom. The number of para-hydroxylation sites is 1. The molecular formula is C20H24BrN3O2. The Kier molecular flexibility index (Phi) is 7.36. The van der Waals surface area contributed by atoms with E-state index in [1.54, 1.807) is 18.9 Å². The number of carbonyl (C=O) groups is 2. The van der Waals surface area contributed by atoms with Gasteiger partial charge in [-0.15, -0.1) is 0 Å². The third-order valence-electron chi connectivity index (χ3n) is 4.22. The third kappa shape index (κ3) is 5.68. The van der Waals surface area contributed by atoms with Crippen molar-refractivity contribution in [2.24, 2.45) is 0 Å². The number of rotatable bonds is 7. The summed E-state index contributed by atoms with van der Waals surface area (Å²) in [7, 11) is 1.76. The molecule has 6 heteroatoms. The van der Waals surface area contributed by atoms with Gasteiger partial charge in [-0.3, -0.25) is 14.5 Å². The summed E-state index contributed by atoms with van der Waals surface area (Å²) in [6, 6.07) is 14.7. The largest absolute Gasteiger partial charge is 0.325 e. The molecule has 26 heavy (non-hydrogen) atoms. The second-order valence-corrected chi connectivity index (χ2v) is 7.06. The Bertz CT molecular complexity index is 762. The van der Waals surface area contributed by atoms with Crippen molar-refractivity contribution in [3.8, 4) is 0 Å². The molecule has 0 aromatic heterocycles. The molecule has 2 rings (SSSR count). The van der Waals surface area contributed by atoms with Gasteiger partial charge in [-0.1, -0.05) is 41.1 Å². The van der Waals surface area contributed by atoms with Gasteiger partial charge < -0.3 is 10.6 Å². The van der Waals surface area contributed by atoms with Gasteiger partial charge in [0.1, 0.15) is 0 Å². The monoisotopic (exact) mass is 417 g/mol. The number of halogens is 1. The summed E-state index contributed by atoms with van der Waals surface area (Å²) in [4.78, 5) is 26.4. The maximum atomic E-state index is 12.4. The first kappa shape index (κ1) is 20.1. The molecule has 0 spiro atoms. The van der Waals surface area contributed by atoms with Gasteiger partial charge in [0, 0.05) is 15.8 Å². The molecule has 0 fully saturated rings. The van der Waals surface area contributed by atoms with E-state index in [0.29, 0.717) is 0 Å². The van der Waals surface area contributed by atoms with Crippen LogP contribution in [-0.4, -0.2) is 36.3 Å². The number of amides is 2. The van der Waals surface area contributed by atoms with Crippen LogP contribution in [-0.2, 0) is 16.0 Å². The third-order valence-corrected chi connectivity index (χ3v) is 4.75. The van der Waals surface area contributed by atoms with Crippen LogP contribution in [0.4, 0.5) is 11.4 Å². The Morgan fingerprint density at radius 2 is 1.73 bits per heavy atom. The smallest absolute Gasteiger partial charge is 0.241 e. The van der Waals surface area contributed by atoms with Crippen molar-refractivity contribution in [1.82, 2.24) is 4.90 Å². The fraction of sp³-hybridized carbons (Fsp3) is 0.300. The van der Waals surface area contributed by atoms with Crippen LogP contribution >= 0.6 is 15.9 Å². The van der Waals surface area contributed by atoms with Crippen molar-refractivity contribution in [2.45, 2.75) is 26.3 Å². The van der Waals surface area contributed by atoms with E-state index in [1.165, 1.54) is 0 Å². The van der Waals surface area contributed by atoms with E-state index < -0.39 is 6.04 Å². The lowest BCUT2D eigenvalue weighted by Gasteiger charge is -2.23. The Balaban J connectivity index is 1.90. The molecule has 2 aromatic carbocycles. The molecule has 138 valence electrons. The van der Waals surface area contributed by atoms with E-state index in [0.717, 1.165) is 27.8 Å². The van der Waals surface area contributed by atoms with Gasteiger partial charge in [-0.2, -0.15) is 0 Å². The van der Waals surface area contributed by atoms with E-state index in [-0.39, 0.29) is 18.4 Å². The summed E-state index contributed by atoms with van der Waals surface area (Å²) >= 11 is 3.36. The van der Waals surface area contributed by atoms with Gasteiger partial charge in [0.2, 0.25) is 11.8 Å². The summed E-state index contributed by atoms with van der Waals surface area (Å²) < 4.78 is 0.949. The highest BCUT2D eigenvalue weighted by molar-refractivity contribution is 9.10. The number of carbonyl (C=O) groups excluding carboxylic acids is 2. The van der Waals surface area contributed by atoms with Crippen molar-refractivity contribution < 1.29 is 9.59 Å². The zero-order chi connectivity index (χ0) is 19.1. The molecule has 0 saturated carbocycles. The van der Waals surface area contributed by atoms with Gasteiger partial charge in [-0.25, -0.2) is 0 Å². The molecule has 0 aliphatic rings. The number of aryl methyl sites for hydroxylation is 1. The zero-order valence-corrected chi connectivity index (χ0v) is 16.8. The van der Waals surface area contributed by atoms with Crippen molar-refractivity contribution in [2.75, 3.05) is 24.2 Å². The summed E-state index contributed by atoms with van der Waals surface area (Å²) in [6.07, 6.45) is 0.846. The van der Waals surface area contributed by atoms with E-state index in [1.807, 2.05) is 55.5 Å². The first-order valence-corrected chi connectivity index (χ1v) is 9.34. The van der Waals surface area contributed by atoms with Crippen LogP contribution in [0.3, 0.4) is 0 Å². The average molecular weight is 418 g/mol. The van der Waals surface area contributed by atoms with E-state index in [4.69, 9.17) is 0 Å². The standard InChI is InChI=1S/C20H24BrN3O2/c1-4-15-7-5-6-8-18(15)23-19(25)13-24(3)14(2)20(26)22-17-11-9-16(21)10-12-17/h5-12,14H,4,13H2,1-3H3,(H,22,26)(H,23,25)/t14-/m1/s1. The van der Waals surface area contributed by atoms with Crippen LogP contribution in [0, 0.1) is 0 Å². The molecule has 2 amide bonds. The van der Waals surface area contributed by atoms with Gasteiger partial charge in [-0.05, 0) is 56.3 Å². The second kappa shape index (κ2) is 9.50. The van der Waals surface area contributed by atoms with Crippen LogP contribution < -0.4 is 10.6 Å². The Labute approximate surface area is 162 Å². The molecule has 0 aliphatic carbocycles. The summed E-state index contributed by atoms with van der Waals surface area (Å²) in [6.45, 7) is 3.96. The van der Waals surface area contributed by atoms with Crippen molar-refractivity contribution >= 4 is 39.1 Å². The molecule has 0 aliphatic heterocycles. The molecule has 0 heterocycles. The minimum absolute atomic E-state index is 0.132. The predicted octanol–water partition coefficient (Wildman–Crippen LogP) is 3.91. The van der Waals surface area contributed by atoms with Gasteiger partial charge in [0.25, 0.3) is 0 Å². The molecular weight excluding hydrogens is 394 g/mol. The minimum atomic E-state index is -0.439. The van der Waals surface area contributed by atoms with E-state index in [2.05, 4.69) is 26.6 Å². The fourth-order valence-corrected chi connectivity index (χ4v) is 2.75. The highest BCUT2D eigenvalue weighted by Gasteiger charge is 2.20. The fourth-order valence-electron chi connectivity index (χ4n) is 2.48. The lowest BCUT2D eigenvalue weighted by atomic mass is 10.1. The topological polar surface area (TPSA) is 61.4 Å². The first-order chi connectivity index (χ1) is 12.4. The van der Waals surface area contributed by atoms with Crippen LogP contribution in [0.2, 0.25) is 0 Å². The number of anilines is 2. The van der Waals surface area contributed by atoms with Crippen LogP contribution in [0.25, 0.3) is 0 Å². The SMILES string of the molecule is CCc1ccccc1NC(=O)CN(C)[C@H](C)C(=O)Nc1ccc(Br)cc1. The normalized spacial score (nSPS) is 11.9. The lowest BCUT2D eigenvalue weighted by Crippen LogP contribution is -2.43. The van der Waals surface area contributed by atoms with Gasteiger partial charge >= 0.3 is 0 Å². The van der Waals surface area contributed by atoms with Crippen molar-refractivity contribution in [1.29, 1.82) is 0 Å². The first-order valence-electron chi connectivity index (χ1n) is 8.55. The van der Waals surface area contributed by atoms with Crippen LogP contribution in [0.5, 0.6) is 0 Å². The number of nitrogens with zero attached hydrogens (tertiary/aromatic N) is 1. The van der Waals surface area contributed by atoms with Crippen LogP contribution in [0.1, 0.15) is 19.4 Å². The molecule has 2 N–H and O–H groups in total. The number of hydrogen-bond acceptors (Lipinski definition) is 3. The maximum absolute atomic E-state index is 12.4. The zero-order valence-electron chi connectivity index (χ0n) is 15.3. The van der Waals surface area contributed by atoms with E-state index in [9.17, 15) is 9.59 Å². The quantitative estimate of drug-likeness (QED) is 0.717. The minimum Gasteiger partial charge on any atom is -0.325 e. The maximum Gasteiger partial charge on any atom is 0.241 e.